The first kappa shape index (κ1) is 20.8. The van der Waals surface area contributed by atoms with Crippen LogP contribution in [-0.4, -0.2) is 11.4 Å². The molecule has 2 nitrogen and oxygen atoms in total. The van der Waals surface area contributed by atoms with E-state index >= 15 is 0 Å². The average Bonchev–Trinajstić information content (AvgIpc) is 3.04. The Bertz CT molecular complexity index is 1220. The summed E-state index contributed by atoms with van der Waals surface area (Å²) >= 11 is 6.28. The second-order valence-electron chi connectivity index (χ2n) is 8.88. The van der Waals surface area contributed by atoms with Crippen molar-refractivity contribution in [2.75, 3.05) is 6.26 Å². The van der Waals surface area contributed by atoms with Gasteiger partial charge < -0.3 is 5.11 Å². The monoisotopic (exact) mass is 445 g/mol. The van der Waals surface area contributed by atoms with Gasteiger partial charge in [0.1, 0.15) is 5.75 Å². The van der Waals surface area contributed by atoms with E-state index in [1.807, 2.05) is 12.1 Å². The minimum atomic E-state index is -0.100. The fraction of sp³-hybridized carbons (Fsp3) is 0.370. The van der Waals surface area contributed by atoms with Crippen LogP contribution in [0.4, 0.5) is 5.69 Å². The second kappa shape index (κ2) is 8.11. The van der Waals surface area contributed by atoms with Gasteiger partial charge in [0.2, 0.25) is 0 Å². The Morgan fingerprint density at radius 1 is 1.00 bits per heavy atom. The molecule has 158 valence electrons. The van der Waals surface area contributed by atoms with Gasteiger partial charge in [-0.15, -0.1) is 11.8 Å². The summed E-state index contributed by atoms with van der Waals surface area (Å²) in [7, 11) is 0. The molecule has 0 aromatic heterocycles. The number of hydrogen-bond donors (Lipinski definition) is 2. The molecular formula is C27H27NOS2. The zero-order valence-corrected chi connectivity index (χ0v) is 19.6. The van der Waals surface area contributed by atoms with E-state index in [4.69, 9.17) is 6.57 Å². The lowest BCUT2D eigenvalue weighted by Gasteiger charge is -2.34. The molecule has 1 spiro atoms. The summed E-state index contributed by atoms with van der Waals surface area (Å²) in [5, 5.41) is 13.2. The number of phenolic OH excluding ortho intramolecular Hbond substituents is 1. The number of thioether (sulfide) groups is 1. The molecule has 0 atom stereocenters. The Morgan fingerprint density at radius 2 is 1.74 bits per heavy atom. The van der Waals surface area contributed by atoms with Gasteiger partial charge >= 0.3 is 0 Å². The third kappa shape index (κ3) is 3.17. The fourth-order valence-corrected chi connectivity index (χ4v) is 6.86. The summed E-state index contributed by atoms with van der Waals surface area (Å²) < 4.78 is 0. The lowest BCUT2D eigenvalue weighted by Crippen LogP contribution is -2.26. The Hall–Kier alpha value is -2.09. The summed E-state index contributed by atoms with van der Waals surface area (Å²) in [5.74, 6) is 1.04. The summed E-state index contributed by atoms with van der Waals surface area (Å²) in [6.45, 7) is 7.59. The third-order valence-corrected chi connectivity index (χ3v) is 8.49. The Kier molecular flexibility index (Phi) is 5.44. The smallest absolute Gasteiger partial charge is 0.187 e. The van der Waals surface area contributed by atoms with Crippen LogP contribution in [-0.2, 0) is 11.2 Å². The van der Waals surface area contributed by atoms with Crippen LogP contribution in [0.15, 0.2) is 41.3 Å². The number of nitrogens with zero attached hydrogens (tertiary/aromatic N) is 1. The van der Waals surface area contributed by atoms with Crippen LogP contribution in [0, 0.1) is 6.57 Å². The molecule has 0 heterocycles. The summed E-state index contributed by atoms with van der Waals surface area (Å²) in [6.07, 6.45) is 10.4. The standard InChI is InChI=1S/C27H27NOS2/c1-28-18-8-9-19-22(13-18)27(10-6-4-3-5-7-11-27)23-15-24(29)20-14-25(31-2)17(16-30)12-21(20)26(19)23/h8-9,12-15,29-30H,3-7,10-11,16H2,2H3. The molecule has 0 amide bonds. The lowest BCUT2D eigenvalue weighted by atomic mass is 9.69. The van der Waals surface area contributed by atoms with Gasteiger partial charge in [0.25, 0.3) is 0 Å². The Balaban J connectivity index is 1.88. The highest BCUT2D eigenvalue weighted by atomic mass is 32.2. The highest BCUT2D eigenvalue weighted by Crippen LogP contribution is 2.58. The van der Waals surface area contributed by atoms with Crippen molar-refractivity contribution >= 4 is 40.9 Å². The van der Waals surface area contributed by atoms with Gasteiger partial charge in [0, 0.05) is 21.4 Å². The van der Waals surface area contributed by atoms with E-state index in [1.54, 1.807) is 11.8 Å². The van der Waals surface area contributed by atoms with Gasteiger partial charge in [-0.3, -0.25) is 0 Å². The molecule has 0 aliphatic heterocycles. The molecule has 0 bridgehead atoms. The zero-order valence-electron chi connectivity index (χ0n) is 17.9. The molecule has 0 saturated heterocycles. The van der Waals surface area contributed by atoms with Crippen LogP contribution < -0.4 is 0 Å². The van der Waals surface area contributed by atoms with Gasteiger partial charge in [-0.05, 0) is 70.5 Å². The first-order valence-corrected chi connectivity index (χ1v) is 13.0. The first-order valence-electron chi connectivity index (χ1n) is 11.1. The van der Waals surface area contributed by atoms with Gasteiger partial charge in [-0.25, -0.2) is 4.85 Å². The van der Waals surface area contributed by atoms with E-state index in [9.17, 15) is 5.11 Å². The normalized spacial score (nSPS) is 17.1. The largest absolute Gasteiger partial charge is 0.507 e. The van der Waals surface area contributed by atoms with Gasteiger partial charge in [-0.1, -0.05) is 50.3 Å². The van der Waals surface area contributed by atoms with Crippen LogP contribution in [0.2, 0.25) is 0 Å². The fourth-order valence-electron chi connectivity index (χ4n) is 5.86. The highest BCUT2D eigenvalue weighted by Gasteiger charge is 2.44. The number of rotatable bonds is 2. The summed E-state index contributed by atoms with van der Waals surface area (Å²) in [5.41, 5.74) is 6.88. The number of fused-ring (bicyclic) bond motifs is 7. The number of hydrogen-bond acceptors (Lipinski definition) is 3. The van der Waals surface area contributed by atoms with Crippen molar-refractivity contribution in [3.05, 3.63) is 64.5 Å². The van der Waals surface area contributed by atoms with Crippen molar-refractivity contribution in [2.45, 2.75) is 61.0 Å². The molecule has 0 unspecified atom stereocenters. The van der Waals surface area contributed by atoms with Gasteiger partial charge in [-0.2, -0.15) is 12.6 Å². The van der Waals surface area contributed by atoms with Crippen molar-refractivity contribution in [3.63, 3.8) is 0 Å². The molecule has 1 saturated carbocycles. The highest BCUT2D eigenvalue weighted by molar-refractivity contribution is 7.98. The van der Waals surface area contributed by atoms with E-state index in [1.165, 1.54) is 64.8 Å². The molecule has 2 aliphatic rings. The van der Waals surface area contributed by atoms with Gasteiger partial charge in [0.15, 0.2) is 5.69 Å². The molecule has 1 fully saturated rings. The number of benzene rings is 3. The lowest BCUT2D eigenvalue weighted by molar-refractivity contribution is 0.372. The van der Waals surface area contributed by atoms with Crippen LogP contribution >= 0.6 is 24.4 Å². The third-order valence-electron chi connectivity index (χ3n) is 7.33. The molecule has 4 heteroatoms. The maximum atomic E-state index is 11.2. The molecule has 1 N–H and O–H groups in total. The quantitative estimate of drug-likeness (QED) is 0.236. The number of aromatic hydroxyl groups is 1. The van der Waals surface area contributed by atoms with Gasteiger partial charge in [0.05, 0.1) is 6.57 Å². The maximum absolute atomic E-state index is 11.2. The molecule has 31 heavy (non-hydrogen) atoms. The second-order valence-corrected chi connectivity index (χ2v) is 10.0. The van der Waals surface area contributed by atoms with Crippen LogP contribution in [0.1, 0.15) is 61.6 Å². The minimum absolute atomic E-state index is 0.100. The number of thiol groups is 1. The molecular weight excluding hydrogens is 418 g/mol. The maximum Gasteiger partial charge on any atom is 0.187 e. The topological polar surface area (TPSA) is 24.6 Å². The Morgan fingerprint density at radius 3 is 2.42 bits per heavy atom. The van der Waals surface area contributed by atoms with Crippen molar-refractivity contribution in [1.29, 1.82) is 0 Å². The molecule has 3 aromatic carbocycles. The molecule has 3 aromatic rings. The number of phenols is 1. The van der Waals surface area contributed by atoms with Crippen molar-refractivity contribution in [1.82, 2.24) is 0 Å². The molecule has 0 radical (unpaired) electrons. The first-order chi connectivity index (χ1) is 15.1. The van der Waals surface area contributed by atoms with E-state index in [0.29, 0.717) is 17.2 Å². The van der Waals surface area contributed by atoms with Crippen LogP contribution in [0.3, 0.4) is 0 Å². The minimum Gasteiger partial charge on any atom is -0.507 e. The zero-order chi connectivity index (χ0) is 21.6. The van der Waals surface area contributed by atoms with E-state index in [0.717, 1.165) is 23.6 Å². The van der Waals surface area contributed by atoms with E-state index in [-0.39, 0.29) is 5.41 Å². The van der Waals surface area contributed by atoms with E-state index < -0.39 is 0 Å². The Labute approximate surface area is 194 Å². The molecule has 2 aliphatic carbocycles. The van der Waals surface area contributed by atoms with Crippen molar-refractivity contribution in [3.8, 4) is 16.9 Å². The van der Waals surface area contributed by atoms with Crippen molar-refractivity contribution < 1.29 is 5.11 Å². The predicted molar refractivity (Wildman–Crippen MR) is 135 cm³/mol. The predicted octanol–water partition coefficient (Wildman–Crippen LogP) is 8.26. The summed E-state index contributed by atoms with van der Waals surface area (Å²) in [6, 6.07) is 12.6. The SMILES string of the molecule is [C-]#[N+]c1ccc2c(c1)C1(CCCCCCC1)c1cc(O)c3cc(SC)c(CS)cc3c1-2. The van der Waals surface area contributed by atoms with Crippen LogP contribution in [0.25, 0.3) is 26.7 Å². The van der Waals surface area contributed by atoms with Crippen LogP contribution in [0.5, 0.6) is 5.75 Å². The van der Waals surface area contributed by atoms with E-state index in [2.05, 4.69) is 48.0 Å². The average molecular weight is 446 g/mol. The van der Waals surface area contributed by atoms with Crippen molar-refractivity contribution in [2.24, 2.45) is 0 Å². The summed E-state index contributed by atoms with van der Waals surface area (Å²) in [4.78, 5) is 4.92. The molecule has 5 rings (SSSR count).